The van der Waals surface area contributed by atoms with E-state index < -0.39 is 16.8 Å². The Morgan fingerprint density at radius 1 is 1.47 bits per heavy atom. The molecule has 0 aromatic heterocycles. The fourth-order valence-corrected chi connectivity index (χ4v) is 1.85. The molecular weight excluding hydrogens is 248 g/mol. The van der Waals surface area contributed by atoms with Crippen molar-refractivity contribution in [3.05, 3.63) is 0 Å². The molecular formula is C9H18N2O5S. The van der Waals surface area contributed by atoms with Gasteiger partial charge in [-0.2, -0.15) is 0 Å². The second-order valence-corrected chi connectivity index (χ2v) is 4.97. The van der Waals surface area contributed by atoms with Crippen LogP contribution in [0.15, 0.2) is 0 Å². The fourth-order valence-electron chi connectivity index (χ4n) is 1.06. The van der Waals surface area contributed by atoms with Gasteiger partial charge in [-0.1, -0.05) is 0 Å². The Bertz CT molecular complexity index is 285. The maximum Gasteiger partial charge on any atom is 0.329 e. The number of aliphatic carboxylic acids is 1. The van der Waals surface area contributed by atoms with Gasteiger partial charge in [0.15, 0.2) is 0 Å². The summed E-state index contributed by atoms with van der Waals surface area (Å²) in [4.78, 5) is 21.3. The zero-order chi connectivity index (χ0) is 13.3. The Kier molecular flexibility index (Phi) is 8.34. The van der Waals surface area contributed by atoms with Crippen LogP contribution in [-0.2, 0) is 20.3 Å². The smallest absolute Gasteiger partial charge is 0.329 e. The van der Waals surface area contributed by atoms with Crippen molar-refractivity contribution in [1.82, 2.24) is 10.6 Å². The number of nitrogens with one attached hydrogen (secondary N) is 2. The topological polar surface area (TPSA) is 105 Å². The third kappa shape index (κ3) is 11.1. The van der Waals surface area contributed by atoms with Crippen molar-refractivity contribution in [3.63, 3.8) is 0 Å². The van der Waals surface area contributed by atoms with Crippen LogP contribution in [0.5, 0.6) is 0 Å². The molecule has 0 rings (SSSR count). The van der Waals surface area contributed by atoms with Gasteiger partial charge in [0.1, 0.15) is 6.61 Å². The van der Waals surface area contributed by atoms with Crippen molar-refractivity contribution >= 4 is 22.8 Å². The van der Waals surface area contributed by atoms with Crippen LogP contribution in [0.2, 0.25) is 0 Å². The fraction of sp³-hybridized carbons (Fsp3) is 0.778. The number of carboxylic acids is 1. The van der Waals surface area contributed by atoms with Gasteiger partial charge in [-0.15, -0.1) is 0 Å². The number of carbonyl (C=O) groups is 2. The van der Waals surface area contributed by atoms with Gasteiger partial charge in [-0.05, 0) is 6.92 Å². The molecule has 0 aliphatic heterocycles. The van der Waals surface area contributed by atoms with Crippen molar-refractivity contribution in [2.45, 2.75) is 13.0 Å². The number of carbonyl (C=O) groups excluding carboxylic acids is 1. The van der Waals surface area contributed by atoms with Crippen LogP contribution in [0.3, 0.4) is 0 Å². The van der Waals surface area contributed by atoms with Gasteiger partial charge in [0.05, 0.1) is 6.61 Å². The average molecular weight is 266 g/mol. The Labute approximate surface area is 102 Å². The lowest BCUT2D eigenvalue weighted by atomic mass is 10.4. The number of hydrogen-bond donors (Lipinski definition) is 3. The molecule has 0 aromatic carbocycles. The summed E-state index contributed by atoms with van der Waals surface area (Å²) in [6, 6.07) is -0.567. The minimum atomic E-state index is -1.05. The van der Waals surface area contributed by atoms with Gasteiger partial charge in [-0.3, -0.25) is 4.21 Å². The molecule has 7 nitrogen and oxygen atoms in total. The van der Waals surface area contributed by atoms with Crippen LogP contribution < -0.4 is 10.6 Å². The van der Waals surface area contributed by atoms with E-state index in [1.807, 2.05) is 0 Å². The predicted octanol–water partition coefficient (Wildman–Crippen LogP) is -0.846. The van der Waals surface area contributed by atoms with Gasteiger partial charge in [0.2, 0.25) is 0 Å². The van der Waals surface area contributed by atoms with E-state index in [4.69, 9.17) is 9.84 Å². The summed E-state index contributed by atoms with van der Waals surface area (Å²) in [5.41, 5.74) is 0. The van der Waals surface area contributed by atoms with Crippen LogP contribution >= 0.6 is 0 Å². The van der Waals surface area contributed by atoms with Crippen molar-refractivity contribution < 1.29 is 23.6 Å². The second kappa shape index (κ2) is 8.94. The first kappa shape index (κ1) is 15.9. The molecule has 17 heavy (non-hydrogen) atoms. The molecule has 0 saturated heterocycles. The molecule has 2 amide bonds. The van der Waals surface area contributed by atoms with E-state index in [2.05, 4.69) is 10.6 Å². The molecule has 0 aromatic rings. The first-order valence-electron chi connectivity index (χ1n) is 5.05. The van der Waals surface area contributed by atoms with E-state index in [0.717, 1.165) is 0 Å². The summed E-state index contributed by atoms with van der Waals surface area (Å²) in [5.74, 6) is -0.656. The number of rotatable bonds is 8. The monoisotopic (exact) mass is 266 g/mol. The maximum absolute atomic E-state index is 11.2. The molecule has 0 aliphatic rings. The number of hydrogen-bond acceptors (Lipinski definition) is 4. The summed E-state index contributed by atoms with van der Waals surface area (Å²) in [5, 5.41) is 13.4. The van der Waals surface area contributed by atoms with Gasteiger partial charge < -0.3 is 20.5 Å². The van der Waals surface area contributed by atoms with Crippen molar-refractivity contribution in [3.8, 4) is 0 Å². The molecule has 0 fully saturated rings. The highest BCUT2D eigenvalue weighted by Crippen LogP contribution is 1.85. The summed E-state index contributed by atoms with van der Waals surface area (Å²) in [7, 11) is -0.959. The normalized spacial score (nSPS) is 13.8. The van der Waals surface area contributed by atoms with E-state index in [-0.39, 0.29) is 31.8 Å². The van der Waals surface area contributed by atoms with Crippen molar-refractivity contribution in [2.75, 3.05) is 31.8 Å². The highest BCUT2D eigenvalue weighted by molar-refractivity contribution is 7.84. The van der Waals surface area contributed by atoms with E-state index in [0.29, 0.717) is 5.75 Å². The van der Waals surface area contributed by atoms with Crippen LogP contribution in [0.1, 0.15) is 6.92 Å². The lowest BCUT2D eigenvalue weighted by molar-refractivity contribution is -0.142. The SMILES string of the molecule is CC(CS(C)=O)NC(=O)NCCOCC(=O)O. The molecule has 3 N–H and O–H groups in total. The molecule has 0 radical (unpaired) electrons. The van der Waals surface area contributed by atoms with Crippen LogP contribution in [0.4, 0.5) is 4.79 Å². The second-order valence-electron chi connectivity index (χ2n) is 3.49. The van der Waals surface area contributed by atoms with Crippen LogP contribution in [-0.4, -0.2) is 59.1 Å². The van der Waals surface area contributed by atoms with Crippen molar-refractivity contribution in [2.24, 2.45) is 0 Å². The molecule has 0 aliphatic carbocycles. The molecule has 0 saturated carbocycles. The Morgan fingerprint density at radius 3 is 2.65 bits per heavy atom. The molecule has 2 unspecified atom stereocenters. The molecule has 8 heteroatoms. The zero-order valence-corrected chi connectivity index (χ0v) is 10.7. The highest BCUT2D eigenvalue weighted by atomic mass is 32.2. The van der Waals surface area contributed by atoms with Gasteiger partial charge in [0, 0.05) is 35.4 Å². The molecule has 0 heterocycles. The van der Waals surface area contributed by atoms with Gasteiger partial charge in [0.25, 0.3) is 0 Å². The lowest BCUT2D eigenvalue weighted by Gasteiger charge is -2.13. The molecule has 0 bridgehead atoms. The van der Waals surface area contributed by atoms with E-state index in [1.165, 1.54) is 0 Å². The maximum atomic E-state index is 11.2. The number of carboxylic acid groups (broad SMARTS) is 1. The first-order valence-corrected chi connectivity index (χ1v) is 6.78. The number of ether oxygens (including phenoxy) is 1. The average Bonchev–Trinajstić information content (AvgIpc) is 2.14. The quantitative estimate of drug-likeness (QED) is 0.497. The van der Waals surface area contributed by atoms with E-state index in [9.17, 15) is 13.8 Å². The summed E-state index contributed by atoms with van der Waals surface area (Å²) >= 11 is 0. The largest absolute Gasteiger partial charge is 0.480 e. The van der Waals surface area contributed by atoms with Gasteiger partial charge >= 0.3 is 12.0 Å². The minimum Gasteiger partial charge on any atom is -0.480 e. The molecule has 0 spiro atoms. The number of urea groups is 1. The standard InChI is InChI=1S/C9H18N2O5S/c1-7(6-17(2)15)11-9(14)10-3-4-16-5-8(12)13/h7H,3-6H2,1-2H3,(H,12,13)(H2,10,11,14). The van der Waals surface area contributed by atoms with Gasteiger partial charge in [-0.25, -0.2) is 9.59 Å². The van der Waals surface area contributed by atoms with Crippen molar-refractivity contribution in [1.29, 1.82) is 0 Å². The van der Waals surface area contributed by atoms with E-state index in [1.54, 1.807) is 13.2 Å². The van der Waals surface area contributed by atoms with Crippen LogP contribution in [0, 0.1) is 0 Å². The van der Waals surface area contributed by atoms with Crippen LogP contribution in [0.25, 0.3) is 0 Å². The van der Waals surface area contributed by atoms with E-state index >= 15 is 0 Å². The third-order valence-corrected chi connectivity index (χ3v) is 2.59. The highest BCUT2D eigenvalue weighted by Gasteiger charge is 2.07. The minimum absolute atomic E-state index is 0.133. The third-order valence-electron chi connectivity index (χ3n) is 1.62. The summed E-state index contributed by atoms with van der Waals surface area (Å²) in [6.07, 6.45) is 1.57. The Balaban J connectivity index is 3.52. The lowest BCUT2D eigenvalue weighted by Crippen LogP contribution is -2.43. The summed E-state index contributed by atoms with van der Waals surface area (Å²) < 4.78 is 15.6. The molecule has 2 atom stereocenters. The Hall–Kier alpha value is -1.15. The zero-order valence-electron chi connectivity index (χ0n) is 9.89. The number of amides is 2. The Morgan fingerprint density at radius 2 is 2.12 bits per heavy atom. The summed E-state index contributed by atoms with van der Waals surface area (Å²) in [6.45, 7) is 1.73. The predicted molar refractivity (Wildman–Crippen MR) is 63.4 cm³/mol. The molecule has 100 valence electrons. The first-order chi connectivity index (χ1) is 7.91.